The minimum atomic E-state index is -0.202. The number of phenolic OH excluding ortho intramolecular Hbond substituents is 1. The van der Waals surface area contributed by atoms with Crippen LogP contribution >= 0.6 is 15.9 Å². The Bertz CT molecular complexity index is 467. The van der Waals surface area contributed by atoms with Crippen molar-refractivity contribution in [1.29, 1.82) is 0 Å². The van der Waals surface area contributed by atoms with Crippen molar-refractivity contribution in [3.05, 3.63) is 28.2 Å². The third-order valence-electron chi connectivity index (χ3n) is 3.92. The zero-order valence-corrected chi connectivity index (χ0v) is 12.3. The number of carbonyl (C=O) groups is 1. The van der Waals surface area contributed by atoms with Crippen LogP contribution < -0.4 is 5.32 Å². The molecule has 3 nitrogen and oxygen atoms in total. The van der Waals surface area contributed by atoms with E-state index in [9.17, 15) is 9.90 Å². The van der Waals surface area contributed by atoms with Crippen LogP contribution in [0.3, 0.4) is 0 Å². The summed E-state index contributed by atoms with van der Waals surface area (Å²) in [6.45, 7) is 5.07. The molecule has 0 aromatic heterocycles. The molecule has 2 N–H and O–H groups in total. The molecule has 2 rings (SSSR count). The normalized spacial score (nSPS) is 16.7. The number of amides is 1. The van der Waals surface area contributed by atoms with Crippen LogP contribution in [0.25, 0.3) is 0 Å². The summed E-state index contributed by atoms with van der Waals surface area (Å²) in [5, 5.41) is 12.7. The zero-order valence-electron chi connectivity index (χ0n) is 10.7. The van der Waals surface area contributed by atoms with E-state index in [1.54, 1.807) is 12.1 Å². The SMILES string of the molecule is CC(C)C1(CNC(=O)c2ccc(Br)cc2O)CC1. The minimum Gasteiger partial charge on any atom is -0.507 e. The van der Waals surface area contributed by atoms with E-state index in [-0.39, 0.29) is 17.1 Å². The van der Waals surface area contributed by atoms with E-state index in [0.717, 1.165) is 4.47 Å². The van der Waals surface area contributed by atoms with Crippen LogP contribution in [0.2, 0.25) is 0 Å². The number of benzene rings is 1. The molecule has 4 heteroatoms. The highest BCUT2D eigenvalue weighted by Gasteiger charge is 2.45. The number of carbonyl (C=O) groups excluding carboxylic acids is 1. The molecule has 18 heavy (non-hydrogen) atoms. The molecule has 1 aliphatic rings. The van der Waals surface area contributed by atoms with Crippen LogP contribution in [0.5, 0.6) is 5.75 Å². The average Bonchev–Trinajstić information content (AvgIpc) is 3.07. The van der Waals surface area contributed by atoms with Crippen molar-refractivity contribution in [1.82, 2.24) is 5.32 Å². The van der Waals surface area contributed by atoms with E-state index in [2.05, 4.69) is 35.1 Å². The van der Waals surface area contributed by atoms with Crippen molar-refractivity contribution in [2.24, 2.45) is 11.3 Å². The Morgan fingerprint density at radius 1 is 1.50 bits per heavy atom. The van der Waals surface area contributed by atoms with Gasteiger partial charge in [0.2, 0.25) is 0 Å². The third-order valence-corrected chi connectivity index (χ3v) is 4.42. The van der Waals surface area contributed by atoms with E-state index < -0.39 is 0 Å². The number of nitrogens with one attached hydrogen (secondary N) is 1. The summed E-state index contributed by atoms with van der Waals surface area (Å²) in [5.74, 6) is 0.388. The maximum atomic E-state index is 12.0. The van der Waals surface area contributed by atoms with Gasteiger partial charge in [-0.15, -0.1) is 0 Å². The van der Waals surface area contributed by atoms with Crippen LogP contribution in [-0.4, -0.2) is 17.6 Å². The van der Waals surface area contributed by atoms with Crippen molar-refractivity contribution >= 4 is 21.8 Å². The monoisotopic (exact) mass is 311 g/mol. The first-order chi connectivity index (χ1) is 8.44. The number of aromatic hydroxyl groups is 1. The van der Waals surface area contributed by atoms with Crippen molar-refractivity contribution < 1.29 is 9.90 Å². The van der Waals surface area contributed by atoms with Crippen LogP contribution in [0.4, 0.5) is 0 Å². The molecule has 1 amide bonds. The molecule has 0 heterocycles. The van der Waals surface area contributed by atoms with Crippen molar-refractivity contribution in [3.8, 4) is 5.75 Å². The van der Waals surface area contributed by atoms with Gasteiger partial charge in [-0.3, -0.25) is 4.79 Å². The van der Waals surface area contributed by atoms with Crippen LogP contribution in [-0.2, 0) is 0 Å². The second-order valence-corrected chi connectivity index (χ2v) is 6.28. The number of rotatable bonds is 4. The lowest BCUT2D eigenvalue weighted by molar-refractivity contribution is 0.0937. The number of hydrogen-bond acceptors (Lipinski definition) is 2. The molecule has 0 unspecified atom stereocenters. The Morgan fingerprint density at radius 2 is 2.17 bits per heavy atom. The average molecular weight is 312 g/mol. The molecule has 0 spiro atoms. The highest BCUT2D eigenvalue weighted by molar-refractivity contribution is 9.10. The van der Waals surface area contributed by atoms with Crippen LogP contribution in [0.1, 0.15) is 37.0 Å². The first-order valence-corrected chi connectivity index (χ1v) is 7.01. The predicted molar refractivity (Wildman–Crippen MR) is 74.6 cm³/mol. The maximum Gasteiger partial charge on any atom is 0.255 e. The fourth-order valence-corrected chi connectivity index (χ4v) is 2.52. The Morgan fingerprint density at radius 3 is 2.67 bits per heavy atom. The lowest BCUT2D eigenvalue weighted by Gasteiger charge is -2.20. The summed E-state index contributed by atoms with van der Waals surface area (Å²) in [4.78, 5) is 12.0. The molecule has 1 aliphatic carbocycles. The van der Waals surface area contributed by atoms with Gasteiger partial charge in [-0.1, -0.05) is 29.8 Å². The standard InChI is InChI=1S/C14H18BrNO2/c1-9(2)14(5-6-14)8-16-13(18)11-4-3-10(15)7-12(11)17/h3-4,7,9,17H,5-6,8H2,1-2H3,(H,16,18). The zero-order chi connectivity index (χ0) is 13.3. The quantitative estimate of drug-likeness (QED) is 0.896. The van der Waals surface area contributed by atoms with Gasteiger partial charge in [-0.2, -0.15) is 0 Å². The molecule has 1 saturated carbocycles. The second-order valence-electron chi connectivity index (χ2n) is 5.36. The lowest BCUT2D eigenvalue weighted by atomic mass is 9.92. The first-order valence-electron chi connectivity index (χ1n) is 6.21. The van der Waals surface area contributed by atoms with Crippen molar-refractivity contribution in [2.45, 2.75) is 26.7 Å². The van der Waals surface area contributed by atoms with Gasteiger partial charge in [0.25, 0.3) is 5.91 Å². The second kappa shape index (κ2) is 4.92. The van der Waals surface area contributed by atoms with Gasteiger partial charge >= 0.3 is 0 Å². The first kappa shape index (κ1) is 13.4. The Balaban J connectivity index is 2.00. The Hall–Kier alpha value is -1.03. The highest BCUT2D eigenvalue weighted by Crippen LogP contribution is 2.51. The summed E-state index contributed by atoms with van der Waals surface area (Å²) in [5.41, 5.74) is 0.610. The summed E-state index contributed by atoms with van der Waals surface area (Å²) in [6, 6.07) is 4.91. The van der Waals surface area contributed by atoms with E-state index in [1.165, 1.54) is 18.9 Å². The highest BCUT2D eigenvalue weighted by atomic mass is 79.9. The molecule has 98 valence electrons. The fraction of sp³-hybridized carbons (Fsp3) is 0.500. The molecular weight excluding hydrogens is 294 g/mol. The number of halogens is 1. The van der Waals surface area contributed by atoms with Gasteiger partial charge in [0, 0.05) is 11.0 Å². The van der Waals surface area contributed by atoms with Gasteiger partial charge in [-0.25, -0.2) is 0 Å². The molecule has 1 aromatic rings. The Kier molecular flexibility index (Phi) is 3.66. The molecule has 1 fully saturated rings. The van der Waals surface area contributed by atoms with Gasteiger partial charge in [0.15, 0.2) is 0 Å². The van der Waals surface area contributed by atoms with Gasteiger partial charge < -0.3 is 10.4 Å². The Labute approximate surface area is 116 Å². The molecule has 0 bridgehead atoms. The van der Waals surface area contributed by atoms with E-state index in [4.69, 9.17) is 0 Å². The van der Waals surface area contributed by atoms with E-state index >= 15 is 0 Å². The van der Waals surface area contributed by atoms with Crippen LogP contribution in [0.15, 0.2) is 22.7 Å². The molecule has 1 aromatic carbocycles. The molecule has 0 saturated heterocycles. The topological polar surface area (TPSA) is 49.3 Å². The molecular formula is C14H18BrNO2. The molecule has 0 aliphatic heterocycles. The van der Waals surface area contributed by atoms with Gasteiger partial charge in [-0.05, 0) is 42.4 Å². The number of phenols is 1. The minimum absolute atomic E-state index is 0.0104. The summed E-state index contributed by atoms with van der Waals surface area (Å²) < 4.78 is 0.761. The number of hydrogen-bond donors (Lipinski definition) is 2. The molecule has 0 radical (unpaired) electrons. The van der Waals surface area contributed by atoms with Crippen molar-refractivity contribution in [3.63, 3.8) is 0 Å². The largest absolute Gasteiger partial charge is 0.507 e. The van der Waals surface area contributed by atoms with E-state index in [1.807, 2.05) is 0 Å². The summed E-state index contributed by atoms with van der Waals surface area (Å²) in [6.07, 6.45) is 2.36. The predicted octanol–water partition coefficient (Wildman–Crippen LogP) is 3.32. The van der Waals surface area contributed by atoms with E-state index in [0.29, 0.717) is 18.0 Å². The fourth-order valence-electron chi connectivity index (χ4n) is 2.17. The molecule has 0 atom stereocenters. The summed E-state index contributed by atoms with van der Waals surface area (Å²) >= 11 is 3.25. The van der Waals surface area contributed by atoms with Crippen LogP contribution in [0, 0.1) is 11.3 Å². The summed E-state index contributed by atoms with van der Waals surface area (Å²) in [7, 11) is 0. The van der Waals surface area contributed by atoms with Crippen molar-refractivity contribution in [2.75, 3.05) is 6.54 Å². The van der Waals surface area contributed by atoms with Gasteiger partial charge in [0.1, 0.15) is 5.75 Å². The smallest absolute Gasteiger partial charge is 0.255 e. The lowest BCUT2D eigenvalue weighted by Crippen LogP contribution is -2.32. The third kappa shape index (κ3) is 2.69. The van der Waals surface area contributed by atoms with Gasteiger partial charge in [0.05, 0.1) is 5.56 Å². The maximum absolute atomic E-state index is 12.0.